The van der Waals surface area contributed by atoms with Gasteiger partial charge < -0.3 is 15.2 Å². The predicted octanol–water partition coefficient (Wildman–Crippen LogP) is 3.11. The van der Waals surface area contributed by atoms with E-state index in [9.17, 15) is 9.59 Å². The first kappa shape index (κ1) is 17.2. The summed E-state index contributed by atoms with van der Waals surface area (Å²) in [5.41, 5.74) is 2.35. The van der Waals surface area contributed by atoms with Gasteiger partial charge in [-0.25, -0.2) is 4.79 Å². The number of carbonyl (C=O) groups excluding carboxylic acids is 1. The van der Waals surface area contributed by atoms with Crippen LogP contribution in [0.25, 0.3) is 0 Å². The highest BCUT2D eigenvalue weighted by atomic mass is 16.5. The molecule has 0 spiro atoms. The van der Waals surface area contributed by atoms with E-state index in [0.29, 0.717) is 22.7 Å². The van der Waals surface area contributed by atoms with E-state index < -0.39 is 5.97 Å². The molecule has 0 saturated carbocycles. The Morgan fingerprint density at radius 1 is 1.19 bits per heavy atom. The summed E-state index contributed by atoms with van der Waals surface area (Å²) < 4.78 is 5.27. The van der Waals surface area contributed by atoms with Crippen LogP contribution in [0.4, 0.5) is 11.4 Å². The first-order chi connectivity index (χ1) is 12.5. The van der Waals surface area contributed by atoms with Gasteiger partial charge in [-0.1, -0.05) is 12.1 Å². The average Bonchev–Trinajstić information content (AvgIpc) is 2.94. The maximum atomic E-state index is 12.7. The lowest BCUT2D eigenvalue weighted by Gasteiger charge is -2.12. The molecule has 2 aromatic rings. The topological polar surface area (TPSA) is 91.2 Å². The van der Waals surface area contributed by atoms with Gasteiger partial charge in [0.1, 0.15) is 5.75 Å². The number of hydrogen-bond acceptors (Lipinski definition) is 5. The summed E-state index contributed by atoms with van der Waals surface area (Å²) in [6.07, 6.45) is 1.59. The van der Waals surface area contributed by atoms with Gasteiger partial charge in [-0.2, -0.15) is 10.1 Å². The van der Waals surface area contributed by atoms with Crippen molar-refractivity contribution in [1.82, 2.24) is 0 Å². The highest BCUT2D eigenvalue weighted by Gasteiger charge is 2.28. The first-order valence-corrected chi connectivity index (χ1v) is 7.84. The van der Waals surface area contributed by atoms with E-state index in [4.69, 9.17) is 9.84 Å². The zero-order valence-electron chi connectivity index (χ0n) is 14.3. The quantitative estimate of drug-likeness (QED) is 0.808. The minimum Gasteiger partial charge on any atom is -0.495 e. The molecule has 7 nitrogen and oxygen atoms in total. The molecular weight excluding hydrogens is 334 g/mol. The van der Waals surface area contributed by atoms with Gasteiger partial charge in [-0.3, -0.25) is 4.79 Å². The Morgan fingerprint density at radius 3 is 2.54 bits per heavy atom. The smallest absolute Gasteiger partial charge is 0.335 e. The molecule has 0 atom stereocenters. The van der Waals surface area contributed by atoms with E-state index in [1.54, 1.807) is 32.4 Å². The van der Waals surface area contributed by atoms with Crippen molar-refractivity contribution < 1.29 is 19.4 Å². The van der Waals surface area contributed by atoms with Gasteiger partial charge in [0.15, 0.2) is 0 Å². The highest BCUT2D eigenvalue weighted by molar-refractivity contribution is 6.29. The molecule has 0 unspecified atom stereocenters. The molecule has 7 heteroatoms. The fourth-order valence-electron chi connectivity index (χ4n) is 2.52. The number of amides is 1. The monoisotopic (exact) mass is 351 g/mol. The van der Waals surface area contributed by atoms with Gasteiger partial charge in [0.2, 0.25) is 0 Å². The number of nitrogens with one attached hydrogen (secondary N) is 1. The van der Waals surface area contributed by atoms with E-state index in [0.717, 1.165) is 5.69 Å². The second-order valence-corrected chi connectivity index (χ2v) is 5.56. The van der Waals surface area contributed by atoms with E-state index >= 15 is 0 Å². The van der Waals surface area contributed by atoms with E-state index in [2.05, 4.69) is 10.4 Å². The van der Waals surface area contributed by atoms with Crippen LogP contribution in [0.5, 0.6) is 5.75 Å². The number of hydrazone groups is 1. The standard InChI is InChI=1S/C19H17N3O4/c1-12-15(11-20-16-5-3-4-6-17(16)26-2)18(23)22(21-12)14-9-7-13(8-10-14)19(24)25/h3-11,20H,1-2H3,(H,24,25). The molecule has 1 aliphatic heterocycles. The molecule has 1 amide bonds. The molecule has 0 fully saturated rings. The minimum atomic E-state index is -1.02. The van der Waals surface area contributed by atoms with E-state index in [-0.39, 0.29) is 11.5 Å². The lowest BCUT2D eigenvalue weighted by molar-refractivity contribution is -0.114. The number of benzene rings is 2. The summed E-state index contributed by atoms with van der Waals surface area (Å²) in [6, 6.07) is 13.3. The Labute approximate surface area is 150 Å². The molecule has 3 rings (SSSR count). The van der Waals surface area contributed by atoms with Crippen molar-refractivity contribution in [1.29, 1.82) is 0 Å². The maximum absolute atomic E-state index is 12.7. The molecule has 0 bridgehead atoms. The number of carbonyl (C=O) groups is 2. The Balaban J connectivity index is 1.82. The number of anilines is 2. The van der Waals surface area contributed by atoms with Crippen LogP contribution in [0.1, 0.15) is 17.3 Å². The molecule has 132 valence electrons. The number of methoxy groups -OCH3 is 1. The van der Waals surface area contributed by atoms with Gasteiger partial charge in [0.05, 0.1) is 35.3 Å². The second-order valence-electron chi connectivity index (χ2n) is 5.56. The number of carboxylic acid groups (broad SMARTS) is 1. The Morgan fingerprint density at radius 2 is 1.88 bits per heavy atom. The number of rotatable bonds is 5. The molecule has 0 aliphatic carbocycles. The third-order valence-electron chi connectivity index (χ3n) is 3.90. The van der Waals surface area contributed by atoms with Crippen LogP contribution in [0.15, 0.2) is 65.4 Å². The number of hydrogen-bond donors (Lipinski definition) is 2. The van der Waals surface area contributed by atoms with Crippen molar-refractivity contribution in [2.24, 2.45) is 5.10 Å². The van der Waals surface area contributed by atoms with E-state index in [1.807, 2.05) is 24.3 Å². The minimum absolute atomic E-state index is 0.148. The Bertz CT molecular complexity index is 917. The lowest BCUT2D eigenvalue weighted by atomic mass is 10.1. The fourth-order valence-corrected chi connectivity index (χ4v) is 2.52. The molecule has 26 heavy (non-hydrogen) atoms. The van der Waals surface area contributed by atoms with E-state index in [1.165, 1.54) is 17.1 Å². The molecule has 0 saturated heterocycles. The summed E-state index contributed by atoms with van der Waals surface area (Å²) in [5, 5.41) is 17.5. The molecule has 0 radical (unpaired) electrons. The fraction of sp³-hybridized carbons (Fsp3) is 0.105. The number of nitrogens with zero attached hydrogens (tertiary/aromatic N) is 2. The van der Waals surface area contributed by atoms with Crippen molar-refractivity contribution in [3.63, 3.8) is 0 Å². The number of aromatic carboxylic acids is 1. The van der Waals surface area contributed by atoms with Crippen LogP contribution in [-0.2, 0) is 4.79 Å². The molecule has 2 N–H and O–H groups in total. The van der Waals surface area contributed by atoms with Crippen LogP contribution in [0.2, 0.25) is 0 Å². The summed E-state index contributed by atoms with van der Waals surface area (Å²) >= 11 is 0. The molecule has 1 aliphatic rings. The number of para-hydroxylation sites is 2. The maximum Gasteiger partial charge on any atom is 0.335 e. The molecule has 2 aromatic carbocycles. The summed E-state index contributed by atoms with van der Waals surface area (Å²) in [4.78, 5) is 23.6. The van der Waals surface area contributed by atoms with Crippen LogP contribution in [-0.4, -0.2) is 29.8 Å². The number of carboxylic acids is 1. The average molecular weight is 351 g/mol. The largest absolute Gasteiger partial charge is 0.495 e. The van der Waals surface area contributed by atoms with Crippen molar-refractivity contribution >= 4 is 29.0 Å². The first-order valence-electron chi connectivity index (χ1n) is 7.84. The number of ether oxygens (including phenoxy) is 1. The Hall–Kier alpha value is -3.61. The lowest BCUT2D eigenvalue weighted by Crippen LogP contribution is -2.21. The Kier molecular flexibility index (Phi) is 4.70. The third-order valence-corrected chi connectivity index (χ3v) is 3.90. The predicted molar refractivity (Wildman–Crippen MR) is 98.7 cm³/mol. The van der Waals surface area contributed by atoms with Gasteiger partial charge in [-0.05, 0) is 43.3 Å². The van der Waals surface area contributed by atoms with Crippen LogP contribution < -0.4 is 15.1 Å². The van der Waals surface area contributed by atoms with Crippen LogP contribution in [0, 0.1) is 0 Å². The van der Waals surface area contributed by atoms with Crippen LogP contribution in [0.3, 0.4) is 0 Å². The zero-order valence-corrected chi connectivity index (χ0v) is 14.3. The summed E-state index contributed by atoms with van der Waals surface area (Å²) in [5.74, 6) is -0.663. The van der Waals surface area contributed by atoms with Crippen LogP contribution >= 0.6 is 0 Å². The summed E-state index contributed by atoms with van der Waals surface area (Å²) in [7, 11) is 1.57. The third kappa shape index (κ3) is 3.27. The van der Waals surface area contributed by atoms with Gasteiger partial charge in [0, 0.05) is 6.20 Å². The van der Waals surface area contributed by atoms with Crippen molar-refractivity contribution in [2.45, 2.75) is 6.92 Å². The molecular formula is C19H17N3O4. The van der Waals surface area contributed by atoms with Crippen molar-refractivity contribution in [3.05, 3.63) is 65.9 Å². The highest BCUT2D eigenvalue weighted by Crippen LogP contribution is 2.26. The van der Waals surface area contributed by atoms with Gasteiger partial charge >= 0.3 is 5.97 Å². The zero-order chi connectivity index (χ0) is 18.7. The van der Waals surface area contributed by atoms with Crippen molar-refractivity contribution in [2.75, 3.05) is 17.4 Å². The SMILES string of the molecule is COc1ccccc1NC=C1C(=O)N(c2ccc(C(=O)O)cc2)N=C1C. The second kappa shape index (κ2) is 7.10. The van der Waals surface area contributed by atoms with Crippen molar-refractivity contribution in [3.8, 4) is 5.75 Å². The van der Waals surface area contributed by atoms with Gasteiger partial charge in [0.25, 0.3) is 5.91 Å². The van der Waals surface area contributed by atoms with Gasteiger partial charge in [-0.15, -0.1) is 0 Å². The normalized spacial score (nSPS) is 15.2. The summed E-state index contributed by atoms with van der Waals surface area (Å²) in [6.45, 7) is 1.74. The molecule has 0 aromatic heterocycles. The molecule has 1 heterocycles.